The molecule has 0 saturated carbocycles. The smallest absolute Gasteiger partial charge is 0.337 e. The normalized spacial score (nSPS) is 10.1. The maximum absolute atomic E-state index is 10.9. The molecule has 2 aromatic rings. The summed E-state index contributed by atoms with van der Waals surface area (Å²) in [7, 11) is 1.87. The average molecular weight is 243 g/mol. The van der Waals surface area contributed by atoms with E-state index in [-0.39, 0.29) is 5.56 Å². The van der Waals surface area contributed by atoms with E-state index in [0.29, 0.717) is 11.5 Å². The van der Waals surface area contributed by atoms with Crippen molar-refractivity contribution in [3.63, 3.8) is 0 Å². The van der Waals surface area contributed by atoms with Crippen LogP contribution in [0.15, 0.2) is 36.7 Å². The van der Waals surface area contributed by atoms with Crippen LogP contribution in [0.4, 0.5) is 11.5 Å². The number of rotatable bonds is 3. The van der Waals surface area contributed by atoms with Gasteiger partial charge in [-0.2, -0.15) is 0 Å². The number of carboxylic acids is 1. The zero-order valence-electron chi connectivity index (χ0n) is 10.2. The van der Waals surface area contributed by atoms with Gasteiger partial charge in [0.2, 0.25) is 0 Å². The van der Waals surface area contributed by atoms with Gasteiger partial charge in [0.1, 0.15) is 5.82 Å². The molecule has 0 aliphatic rings. The van der Waals surface area contributed by atoms with Crippen molar-refractivity contribution in [3.05, 3.63) is 47.9 Å². The van der Waals surface area contributed by atoms with Crippen LogP contribution in [0, 0.1) is 6.92 Å². The Kier molecular flexibility index (Phi) is 3.23. The summed E-state index contributed by atoms with van der Waals surface area (Å²) in [6.45, 7) is 1.69. The highest BCUT2D eigenvalue weighted by Gasteiger charge is 2.11. The second kappa shape index (κ2) is 4.83. The lowest BCUT2D eigenvalue weighted by Gasteiger charge is -2.18. The van der Waals surface area contributed by atoms with Crippen LogP contribution in [0.2, 0.25) is 0 Å². The molecule has 0 aliphatic heterocycles. The van der Waals surface area contributed by atoms with Gasteiger partial charge in [0.25, 0.3) is 0 Å². The Hall–Kier alpha value is -2.43. The van der Waals surface area contributed by atoms with Gasteiger partial charge in [-0.25, -0.2) is 9.78 Å². The van der Waals surface area contributed by atoms with E-state index >= 15 is 0 Å². The summed E-state index contributed by atoms with van der Waals surface area (Å²) in [6.07, 6.45) is 3.40. The fraction of sp³-hybridized carbons (Fsp3) is 0.154. The molecular weight excluding hydrogens is 230 g/mol. The van der Waals surface area contributed by atoms with Crippen molar-refractivity contribution in [2.75, 3.05) is 11.9 Å². The summed E-state index contributed by atoms with van der Waals surface area (Å²) in [5, 5.41) is 8.95. The zero-order chi connectivity index (χ0) is 13.1. The highest BCUT2D eigenvalue weighted by molar-refractivity contribution is 5.89. The van der Waals surface area contributed by atoms with Crippen molar-refractivity contribution < 1.29 is 9.90 Å². The van der Waals surface area contributed by atoms with Gasteiger partial charge in [-0.1, -0.05) is 0 Å². The molecule has 92 valence electrons. The van der Waals surface area contributed by atoms with Crippen LogP contribution in [-0.2, 0) is 0 Å². The lowest BCUT2D eigenvalue weighted by Crippen LogP contribution is -2.13. The number of carboxylic acid groups (broad SMARTS) is 1. The number of aromatic nitrogens is 2. The first-order valence-electron chi connectivity index (χ1n) is 5.44. The molecule has 5 heteroatoms. The predicted octanol–water partition coefficient (Wildman–Crippen LogP) is 2.25. The van der Waals surface area contributed by atoms with Crippen molar-refractivity contribution in [1.29, 1.82) is 0 Å². The number of hydrogen-bond donors (Lipinski definition) is 1. The van der Waals surface area contributed by atoms with Crippen molar-refractivity contribution in [1.82, 2.24) is 9.97 Å². The Morgan fingerprint density at radius 2 is 1.89 bits per heavy atom. The maximum Gasteiger partial charge on any atom is 0.337 e. The van der Waals surface area contributed by atoms with Gasteiger partial charge in [-0.3, -0.25) is 4.98 Å². The number of hydrogen-bond acceptors (Lipinski definition) is 4. The third-order valence-corrected chi connectivity index (χ3v) is 2.70. The van der Waals surface area contributed by atoms with Crippen LogP contribution in [0.5, 0.6) is 0 Å². The van der Waals surface area contributed by atoms with Crippen molar-refractivity contribution in [2.45, 2.75) is 6.92 Å². The summed E-state index contributed by atoms with van der Waals surface area (Å²) in [5.41, 5.74) is 1.67. The Morgan fingerprint density at radius 1 is 1.22 bits per heavy atom. The molecule has 0 aromatic carbocycles. The first-order chi connectivity index (χ1) is 8.59. The first kappa shape index (κ1) is 12.0. The van der Waals surface area contributed by atoms with Crippen LogP contribution in [0.1, 0.15) is 16.1 Å². The molecule has 0 saturated heterocycles. The Balaban J connectivity index is 2.35. The van der Waals surface area contributed by atoms with Gasteiger partial charge >= 0.3 is 5.97 Å². The molecule has 0 fully saturated rings. The lowest BCUT2D eigenvalue weighted by atomic mass is 10.2. The predicted molar refractivity (Wildman–Crippen MR) is 68.2 cm³/mol. The van der Waals surface area contributed by atoms with Gasteiger partial charge in [-0.05, 0) is 31.2 Å². The van der Waals surface area contributed by atoms with Crippen molar-refractivity contribution in [2.24, 2.45) is 0 Å². The van der Waals surface area contributed by atoms with E-state index in [2.05, 4.69) is 9.97 Å². The van der Waals surface area contributed by atoms with Crippen LogP contribution in [0.25, 0.3) is 0 Å². The van der Waals surface area contributed by atoms with Gasteiger partial charge in [0.05, 0.1) is 11.3 Å². The second-order valence-electron chi connectivity index (χ2n) is 3.87. The number of nitrogens with zero attached hydrogens (tertiary/aromatic N) is 3. The molecule has 0 atom stereocenters. The Bertz CT molecular complexity index is 570. The molecule has 1 N–H and O–H groups in total. The van der Waals surface area contributed by atoms with E-state index in [1.165, 1.54) is 0 Å². The minimum atomic E-state index is -0.960. The maximum atomic E-state index is 10.9. The summed E-state index contributed by atoms with van der Waals surface area (Å²) in [5.74, 6) is -0.262. The number of aromatic carboxylic acids is 1. The van der Waals surface area contributed by atoms with Gasteiger partial charge in [-0.15, -0.1) is 0 Å². The monoisotopic (exact) mass is 243 g/mol. The second-order valence-corrected chi connectivity index (χ2v) is 3.87. The van der Waals surface area contributed by atoms with Crippen LogP contribution in [0.3, 0.4) is 0 Å². The third-order valence-electron chi connectivity index (χ3n) is 2.70. The highest BCUT2D eigenvalue weighted by Crippen LogP contribution is 2.21. The van der Waals surface area contributed by atoms with E-state index in [1.807, 2.05) is 24.1 Å². The largest absolute Gasteiger partial charge is 0.478 e. The molecule has 0 radical (unpaired) electrons. The summed E-state index contributed by atoms with van der Waals surface area (Å²) >= 11 is 0. The standard InChI is InChI=1S/C13H13N3O2/c1-9-11(13(17)18)3-4-12(15-9)16(2)10-5-7-14-8-6-10/h3-8H,1-2H3,(H,17,18). The van der Waals surface area contributed by atoms with Crippen LogP contribution < -0.4 is 4.90 Å². The van der Waals surface area contributed by atoms with E-state index in [0.717, 1.165) is 5.69 Å². The average Bonchev–Trinajstić information content (AvgIpc) is 2.38. The summed E-state index contributed by atoms with van der Waals surface area (Å²) < 4.78 is 0. The van der Waals surface area contributed by atoms with Crippen molar-refractivity contribution >= 4 is 17.5 Å². The molecule has 5 nitrogen and oxygen atoms in total. The minimum absolute atomic E-state index is 0.224. The molecule has 0 amide bonds. The molecule has 0 aliphatic carbocycles. The molecule has 0 unspecified atom stereocenters. The topological polar surface area (TPSA) is 66.3 Å². The number of pyridine rings is 2. The Labute approximate surface area is 105 Å². The molecule has 2 heterocycles. The fourth-order valence-electron chi connectivity index (χ4n) is 1.66. The number of carbonyl (C=O) groups is 1. The number of aryl methyl sites for hydroxylation is 1. The van der Waals surface area contributed by atoms with Gasteiger partial charge in [0.15, 0.2) is 0 Å². The highest BCUT2D eigenvalue weighted by atomic mass is 16.4. The van der Waals surface area contributed by atoms with Crippen molar-refractivity contribution in [3.8, 4) is 0 Å². The van der Waals surface area contributed by atoms with E-state index in [9.17, 15) is 4.79 Å². The molecule has 2 rings (SSSR count). The minimum Gasteiger partial charge on any atom is -0.478 e. The van der Waals surface area contributed by atoms with Crippen LogP contribution >= 0.6 is 0 Å². The molecule has 0 spiro atoms. The third kappa shape index (κ3) is 2.29. The first-order valence-corrected chi connectivity index (χ1v) is 5.44. The van der Waals surface area contributed by atoms with E-state index in [4.69, 9.17) is 5.11 Å². The van der Waals surface area contributed by atoms with E-state index in [1.54, 1.807) is 31.5 Å². The van der Waals surface area contributed by atoms with Gasteiger partial charge in [0, 0.05) is 25.1 Å². The fourth-order valence-corrected chi connectivity index (χ4v) is 1.66. The molecule has 18 heavy (non-hydrogen) atoms. The van der Waals surface area contributed by atoms with Crippen LogP contribution in [-0.4, -0.2) is 28.1 Å². The van der Waals surface area contributed by atoms with Gasteiger partial charge < -0.3 is 10.0 Å². The van der Waals surface area contributed by atoms with E-state index < -0.39 is 5.97 Å². The Morgan fingerprint density at radius 3 is 2.44 bits per heavy atom. The summed E-state index contributed by atoms with van der Waals surface area (Å²) in [4.78, 5) is 21.0. The summed E-state index contributed by atoms with van der Waals surface area (Å²) in [6, 6.07) is 6.98. The molecule has 0 bridgehead atoms. The lowest BCUT2D eigenvalue weighted by molar-refractivity contribution is 0.0695. The number of anilines is 2. The quantitative estimate of drug-likeness (QED) is 0.895. The molecular formula is C13H13N3O2. The SMILES string of the molecule is Cc1nc(N(C)c2ccncc2)ccc1C(=O)O. The molecule has 2 aromatic heterocycles. The zero-order valence-corrected chi connectivity index (χ0v) is 10.2.